The number of benzene rings is 3. The molecule has 10 rings (SSSR count). The van der Waals surface area contributed by atoms with E-state index in [1.54, 1.807) is 5.57 Å². The number of hydrogen-bond acceptors (Lipinski definition) is 1. The van der Waals surface area contributed by atoms with Gasteiger partial charge in [-0.05, 0) is 111 Å². The Morgan fingerprint density at radius 3 is 2.22 bits per heavy atom. The van der Waals surface area contributed by atoms with Gasteiger partial charge in [-0.1, -0.05) is 166 Å². The summed E-state index contributed by atoms with van der Waals surface area (Å²) in [6, 6.07) is 27.5. The van der Waals surface area contributed by atoms with Gasteiger partial charge in [-0.15, -0.1) is 0 Å². The molecule has 0 N–H and O–H groups in total. The summed E-state index contributed by atoms with van der Waals surface area (Å²) >= 11 is 0. The van der Waals surface area contributed by atoms with Crippen molar-refractivity contribution < 1.29 is 0 Å². The molecule has 1 aromatic heterocycles. The minimum atomic E-state index is 0.276. The highest BCUT2D eigenvalue weighted by Crippen LogP contribution is 2.53. The predicted octanol–water partition coefficient (Wildman–Crippen LogP) is 13.5. The molecule has 10 atom stereocenters. The van der Waals surface area contributed by atoms with Crippen molar-refractivity contribution in [2.24, 2.45) is 41.4 Å². The van der Waals surface area contributed by atoms with E-state index < -0.39 is 0 Å². The highest BCUT2D eigenvalue weighted by atomic mass is 14.7. The van der Waals surface area contributed by atoms with E-state index in [0.29, 0.717) is 53.3 Å². The molecule has 1 nitrogen and oxygen atoms in total. The van der Waals surface area contributed by atoms with Gasteiger partial charge >= 0.3 is 0 Å². The van der Waals surface area contributed by atoms with Gasteiger partial charge in [-0.3, -0.25) is 4.98 Å². The van der Waals surface area contributed by atoms with E-state index in [4.69, 9.17) is 0 Å². The molecule has 1 heteroatoms. The molecule has 4 aromatic rings. The number of fused-ring (bicyclic) bond motifs is 8. The maximum Gasteiger partial charge on any atom is 0.0701 e. The first-order valence-corrected chi connectivity index (χ1v) is 20.6. The first kappa shape index (κ1) is 33.6. The molecule has 0 saturated heterocycles. The van der Waals surface area contributed by atoms with Crippen LogP contribution in [0.15, 0.2) is 169 Å². The summed E-state index contributed by atoms with van der Waals surface area (Å²) in [5, 5.41) is 2.90. The van der Waals surface area contributed by atoms with E-state index in [-0.39, 0.29) is 5.92 Å². The van der Waals surface area contributed by atoms with Crippen LogP contribution >= 0.6 is 0 Å². The quantitative estimate of drug-likeness (QED) is 0.206. The number of nitrogens with zero attached hydrogens (tertiary/aromatic N) is 1. The molecule has 268 valence electrons. The number of hydrogen-bond donors (Lipinski definition) is 0. The minimum absolute atomic E-state index is 0.276. The summed E-state index contributed by atoms with van der Waals surface area (Å²) in [7, 11) is 0. The minimum Gasteiger partial charge on any atom is -0.256 e. The van der Waals surface area contributed by atoms with Gasteiger partial charge in [0, 0.05) is 35.4 Å². The summed E-state index contributed by atoms with van der Waals surface area (Å²) in [5.74, 6) is 4.76. The van der Waals surface area contributed by atoms with E-state index in [0.717, 1.165) is 12.1 Å². The van der Waals surface area contributed by atoms with Gasteiger partial charge in [0.15, 0.2) is 0 Å². The average molecular weight is 702 g/mol. The van der Waals surface area contributed by atoms with Crippen molar-refractivity contribution in [1.82, 2.24) is 4.98 Å². The SMILES string of the molecule is CC1CCC(C2=CC(c3ccc(-c4ccccn4)cc3)C(C)C(c3ccc4c5c(cccc35)C3C=CC=C[C@H]43)=C2)[C@H]2C=CC=C(C2)[C@H]2C=CC=CC1C2C. The maximum atomic E-state index is 4.65. The summed E-state index contributed by atoms with van der Waals surface area (Å²) in [4.78, 5) is 4.65. The molecule has 1 heterocycles. The standard InChI is InChI=1S/C53H51N/c1-33-21-26-43(39-13-10-12-38(30-39)42-15-5-4-14-41(33)34(42)2)40-31-50(36-22-24-37(25-23-36)52-20-8-9-29-54-52)35(3)51(32-40)46-27-28-49-45-17-7-6-16-44(45)47-18-11-19-48(46)53(47)49/h4-20,22-25,27-29,31-35,39,41-45,50H,21,26,30H2,1-3H3/t33?,34?,35?,39-,41?,42-,43?,44?,45-,50?/m0/s1. The van der Waals surface area contributed by atoms with E-state index in [2.05, 4.69) is 171 Å². The molecule has 0 aliphatic heterocycles. The molecule has 6 aliphatic carbocycles. The van der Waals surface area contributed by atoms with Gasteiger partial charge in [0.05, 0.1) is 5.69 Å². The third kappa shape index (κ3) is 5.62. The molecule has 0 radical (unpaired) electrons. The predicted molar refractivity (Wildman–Crippen MR) is 227 cm³/mol. The number of aromatic nitrogens is 1. The van der Waals surface area contributed by atoms with Gasteiger partial charge in [-0.2, -0.15) is 0 Å². The zero-order valence-electron chi connectivity index (χ0n) is 31.9. The molecule has 0 spiro atoms. The van der Waals surface area contributed by atoms with Gasteiger partial charge in [0.25, 0.3) is 0 Å². The Hall–Kier alpha value is -5.01. The second-order valence-electron chi connectivity index (χ2n) is 17.1. The van der Waals surface area contributed by atoms with Gasteiger partial charge in [-0.25, -0.2) is 0 Å². The Bertz CT molecular complexity index is 2320. The zero-order chi connectivity index (χ0) is 36.3. The van der Waals surface area contributed by atoms with Crippen molar-refractivity contribution >= 4 is 16.3 Å². The van der Waals surface area contributed by atoms with Crippen LogP contribution in [-0.4, -0.2) is 4.98 Å². The molecule has 1 saturated carbocycles. The Morgan fingerprint density at radius 2 is 1.43 bits per heavy atom. The molecule has 6 aliphatic rings. The summed E-state index contributed by atoms with van der Waals surface area (Å²) in [6.07, 6.45) is 37.2. The van der Waals surface area contributed by atoms with Crippen molar-refractivity contribution in [1.29, 1.82) is 0 Å². The van der Waals surface area contributed by atoms with Crippen LogP contribution in [0.25, 0.3) is 27.6 Å². The second-order valence-corrected chi connectivity index (χ2v) is 17.1. The second kappa shape index (κ2) is 13.7. The Labute approximate surface area is 322 Å². The van der Waals surface area contributed by atoms with Crippen molar-refractivity contribution in [3.8, 4) is 11.3 Å². The Kier molecular flexibility index (Phi) is 8.50. The van der Waals surface area contributed by atoms with Crippen LogP contribution < -0.4 is 0 Å². The van der Waals surface area contributed by atoms with Gasteiger partial charge in [0.2, 0.25) is 0 Å². The van der Waals surface area contributed by atoms with Crippen molar-refractivity contribution in [2.45, 2.75) is 57.8 Å². The number of rotatable bonds is 4. The van der Waals surface area contributed by atoms with Crippen molar-refractivity contribution in [3.05, 3.63) is 191 Å². The zero-order valence-corrected chi connectivity index (χ0v) is 31.9. The third-order valence-corrected chi connectivity index (χ3v) is 14.3. The number of allylic oxidation sites excluding steroid dienone is 16. The van der Waals surface area contributed by atoms with Crippen molar-refractivity contribution in [3.63, 3.8) is 0 Å². The lowest BCUT2D eigenvalue weighted by molar-refractivity contribution is 0.231. The third-order valence-electron chi connectivity index (χ3n) is 14.3. The summed E-state index contributed by atoms with van der Waals surface area (Å²) in [6.45, 7) is 7.50. The van der Waals surface area contributed by atoms with Crippen molar-refractivity contribution in [2.75, 3.05) is 0 Å². The smallest absolute Gasteiger partial charge is 0.0701 e. The fourth-order valence-electron chi connectivity index (χ4n) is 11.4. The van der Waals surface area contributed by atoms with E-state index in [1.807, 2.05) is 12.3 Å². The summed E-state index contributed by atoms with van der Waals surface area (Å²) < 4.78 is 0. The van der Waals surface area contributed by atoms with Gasteiger partial charge < -0.3 is 0 Å². The highest BCUT2D eigenvalue weighted by molar-refractivity contribution is 6.01. The van der Waals surface area contributed by atoms with Crippen LogP contribution in [0.5, 0.6) is 0 Å². The average Bonchev–Trinajstić information content (AvgIpc) is 3.41. The van der Waals surface area contributed by atoms with Gasteiger partial charge in [0.1, 0.15) is 0 Å². The van der Waals surface area contributed by atoms with E-state index in [9.17, 15) is 0 Å². The Balaban J connectivity index is 1.10. The lowest BCUT2D eigenvalue weighted by Crippen LogP contribution is -2.30. The largest absolute Gasteiger partial charge is 0.256 e. The van der Waals surface area contributed by atoms with E-state index in [1.165, 1.54) is 62.6 Å². The first-order valence-electron chi connectivity index (χ1n) is 20.6. The van der Waals surface area contributed by atoms with Crippen LogP contribution in [-0.2, 0) is 0 Å². The summed E-state index contributed by atoms with van der Waals surface area (Å²) in [5.41, 5.74) is 12.6. The maximum absolute atomic E-state index is 4.65. The highest BCUT2D eigenvalue weighted by Gasteiger charge is 2.38. The number of pyridine rings is 1. The first-order chi connectivity index (χ1) is 26.5. The fraction of sp³-hybridized carbons (Fsp3) is 0.302. The van der Waals surface area contributed by atoms with Crippen LogP contribution in [0.3, 0.4) is 0 Å². The topological polar surface area (TPSA) is 12.9 Å². The molecule has 4 bridgehead atoms. The normalized spacial score (nSPS) is 32.1. The molecule has 54 heavy (non-hydrogen) atoms. The molecular weight excluding hydrogens is 651 g/mol. The van der Waals surface area contributed by atoms with E-state index >= 15 is 0 Å². The lowest BCUT2D eigenvalue weighted by Gasteiger charge is -2.40. The van der Waals surface area contributed by atoms with Crippen LogP contribution in [0, 0.1) is 41.4 Å². The molecule has 1 fully saturated rings. The van der Waals surface area contributed by atoms with Crippen LogP contribution in [0.2, 0.25) is 0 Å². The monoisotopic (exact) mass is 701 g/mol. The van der Waals surface area contributed by atoms with Crippen LogP contribution in [0.4, 0.5) is 0 Å². The lowest BCUT2D eigenvalue weighted by atomic mass is 9.64. The fourth-order valence-corrected chi connectivity index (χ4v) is 11.4. The molecule has 0 amide bonds. The molecule has 3 aromatic carbocycles. The Morgan fingerprint density at radius 1 is 0.648 bits per heavy atom. The molecule has 7 unspecified atom stereocenters. The molecular formula is C53H51N. The van der Waals surface area contributed by atoms with Crippen LogP contribution in [0.1, 0.15) is 80.0 Å².